The molecule has 0 spiro atoms. The van der Waals surface area contributed by atoms with E-state index in [9.17, 15) is 8.42 Å². The molecule has 3 rings (SSSR count). The zero-order valence-electron chi connectivity index (χ0n) is 13.9. The minimum Gasteiger partial charge on any atom is -0.299 e. The average molecular weight is 348 g/mol. The molecule has 7 heteroatoms. The highest BCUT2D eigenvalue weighted by molar-refractivity contribution is 7.87. The molecule has 1 saturated heterocycles. The van der Waals surface area contributed by atoms with Crippen molar-refractivity contribution in [2.75, 3.05) is 19.6 Å². The van der Waals surface area contributed by atoms with Crippen LogP contribution in [-0.4, -0.2) is 37.9 Å². The lowest BCUT2D eigenvalue weighted by Gasteiger charge is -2.33. The monoisotopic (exact) mass is 348 g/mol. The third-order valence-corrected chi connectivity index (χ3v) is 5.07. The van der Waals surface area contributed by atoms with Gasteiger partial charge in [-0.3, -0.25) is 9.88 Å². The lowest BCUT2D eigenvalue weighted by Crippen LogP contribution is -2.42. The summed E-state index contributed by atoms with van der Waals surface area (Å²) in [6, 6.07) is 10.3. The van der Waals surface area contributed by atoms with E-state index in [1.807, 2.05) is 25.1 Å². The van der Waals surface area contributed by atoms with E-state index >= 15 is 0 Å². The number of nitrogens with one attached hydrogen (secondary N) is 1. The first-order chi connectivity index (χ1) is 11.4. The average Bonchev–Trinajstić information content (AvgIpc) is 2.52. The minimum atomic E-state index is -3.61. The fourth-order valence-corrected chi connectivity index (χ4v) is 3.93. The van der Waals surface area contributed by atoms with E-state index in [1.54, 1.807) is 0 Å². The van der Waals surface area contributed by atoms with Gasteiger partial charge < -0.3 is 0 Å². The Morgan fingerprint density at radius 1 is 1.38 bits per heavy atom. The van der Waals surface area contributed by atoms with Crippen molar-refractivity contribution in [3.8, 4) is 0 Å². The normalized spacial score (nSPS) is 19.7. The molecular formula is C17H24N4O2S. The van der Waals surface area contributed by atoms with Crippen LogP contribution < -0.4 is 9.86 Å². The molecule has 0 saturated carbocycles. The fraction of sp³-hybridized carbons (Fsp3) is 0.471. The number of likely N-dealkylation sites (tertiary alicyclic amines) is 1. The highest BCUT2D eigenvalue weighted by Gasteiger charge is 2.21. The molecule has 130 valence electrons. The third-order valence-electron chi connectivity index (χ3n) is 4.50. The second-order valence-corrected chi connectivity index (χ2v) is 7.96. The van der Waals surface area contributed by atoms with Gasteiger partial charge in [-0.15, -0.1) is 0 Å². The van der Waals surface area contributed by atoms with Gasteiger partial charge >= 0.3 is 0 Å². The van der Waals surface area contributed by atoms with Crippen LogP contribution in [0.4, 0.5) is 0 Å². The Morgan fingerprint density at radius 2 is 2.17 bits per heavy atom. The molecule has 0 aliphatic carbocycles. The molecule has 6 nitrogen and oxygen atoms in total. The van der Waals surface area contributed by atoms with Crippen LogP contribution in [0.15, 0.2) is 30.3 Å². The summed E-state index contributed by atoms with van der Waals surface area (Å²) in [5.41, 5.74) is 3.32. The van der Waals surface area contributed by atoms with Gasteiger partial charge in [-0.25, -0.2) is 9.86 Å². The van der Waals surface area contributed by atoms with Gasteiger partial charge in [0.05, 0.1) is 5.52 Å². The van der Waals surface area contributed by atoms with E-state index in [0.29, 0.717) is 12.5 Å². The summed E-state index contributed by atoms with van der Waals surface area (Å²) in [4.78, 5) is 6.98. The highest BCUT2D eigenvalue weighted by atomic mass is 32.2. The predicted molar refractivity (Wildman–Crippen MR) is 95.6 cm³/mol. The Balaban J connectivity index is 1.72. The molecular weight excluding hydrogens is 324 g/mol. The third kappa shape index (κ3) is 4.51. The van der Waals surface area contributed by atoms with Gasteiger partial charge in [-0.05, 0) is 49.9 Å². The lowest BCUT2D eigenvalue weighted by atomic mass is 9.97. The number of nitrogens with two attached hydrogens (primary N) is 1. The van der Waals surface area contributed by atoms with Crippen molar-refractivity contribution in [1.29, 1.82) is 0 Å². The van der Waals surface area contributed by atoms with E-state index in [0.717, 1.165) is 43.7 Å². The summed E-state index contributed by atoms with van der Waals surface area (Å²) in [6.07, 6.45) is 2.09. The van der Waals surface area contributed by atoms with Crippen LogP contribution in [0.1, 0.15) is 24.1 Å². The van der Waals surface area contributed by atoms with Gasteiger partial charge in [0, 0.05) is 30.7 Å². The minimum absolute atomic E-state index is 0.297. The first-order valence-corrected chi connectivity index (χ1v) is 9.80. The van der Waals surface area contributed by atoms with Crippen LogP contribution in [0.2, 0.25) is 0 Å². The molecule has 1 fully saturated rings. The molecule has 1 aromatic carbocycles. The van der Waals surface area contributed by atoms with Crippen molar-refractivity contribution in [3.63, 3.8) is 0 Å². The van der Waals surface area contributed by atoms with Gasteiger partial charge in [-0.1, -0.05) is 18.2 Å². The maximum absolute atomic E-state index is 11.1. The number of benzene rings is 1. The summed E-state index contributed by atoms with van der Waals surface area (Å²) < 4.78 is 24.6. The smallest absolute Gasteiger partial charge is 0.274 e. The van der Waals surface area contributed by atoms with Crippen molar-refractivity contribution >= 4 is 21.1 Å². The van der Waals surface area contributed by atoms with Gasteiger partial charge in [0.15, 0.2) is 0 Å². The molecule has 1 atom stereocenters. The molecule has 2 heterocycles. The number of pyridine rings is 1. The molecule has 0 radical (unpaired) electrons. The van der Waals surface area contributed by atoms with Gasteiger partial charge in [0.2, 0.25) is 0 Å². The number of rotatable bonds is 5. The Labute approximate surface area is 143 Å². The molecule has 1 aliphatic rings. The van der Waals surface area contributed by atoms with Gasteiger partial charge in [0.25, 0.3) is 10.2 Å². The number of hydrogen-bond donors (Lipinski definition) is 2. The summed E-state index contributed by atoms with van der Waals surface area (Å²) in [5, 5.41) is 6.22. The Hall–Kier alpha value is -1.54. The van der Waals surface area contributed by atoms with Crippen LogP contribution in [0.3, 0.4) is 0 Å². The van der Waals surface area contributed by atoms with E-state index in [1.165, 1.54) is 10.9 Å². The second-order valence-electron chi connectivity index (χ2n) is 6.58. The van der Waals surface area contributed by atoms with Crippen molar-refractivity contribution < 1.29 is 8.42 Å². The van der Waals surface area contributed by atoms with Crippen molar-refractivity contribution in [1.82, 2.24) is 14.6 Å². The molecule has 2 aromatic rings. The summed E-state index contributed by atoms with van der Waals surface area (Å²) in [7, 11) is -3.61. The van der Waals surface area contributed by atoms with Crippen molar-refractivity contribution in [3.05, 3.63) is 41.6 Å². The first kappa shape index (κ1) is 17.3. The molecule has 24 heavy (non-hydrogen) atoms. The molecule has 1 aliphatic heterocycles. The van der Waals surface area contributed by atoms with E-state index in [2.05, 4.69) is 26.7 Å². The van der Waals surface area contributed by atoms with Crippen LogP contribution in [0.5, 0.6) is 0 Å². The predicted octanol–water partition coefficient (Wildman–Crippen LogP) is 1.55. The Morgan fingerprint density at radius 3 is 2.96 bits per heavy atom. The van der Waals surface area contributed by atoms with Crippen molar-refractivity contribution in [2.45, 2.75) is 26.3 Å². The number of aromatic nitrogens is 1. The van der Waals surface area contributed by atoms with E-state index in [4.69, 9.17) is 5.14 Å². The summed E-state index contributed by atoms with van der Waals surface area (Å²) in [6.45, 7) is 5.19. The maximum Gasteiger partial charge on any atom is 0.274 e. The Bertz CT molecular complexity index is 822. The Kier molecular flexibility index (Phi) is 5.15. The lowest BCUT2D eigenvalue weighted by molar-refractivity contribution is 0.169. The van der Waals surface area contributed by atoms with Gasteiger partial charge in [0.1, 0.15) is 0 Å². The summed E-state index contributed by atoms with van der Waals surface area (Å²) in [5.74, 6) is 0.297. The van der Waals surface area contributed by atoms with Crippen LogP contribution in [0.25, 0.3) is 10.9 Å². The fourth-order valence-electron chi connectivity index (χ4n) is 3.46. The molecule has 0 bridgehead atoms. The largest absolute Gasteiger partial charge is 0.299 e. The zero-order valence-corrected chi connectivity index (χ0v) is 14.7. The van der Waals surface area contributed by atoms with Crippen molar-refractivity contribution in [2.24, 2.45) is 11.1 Å². The highest BCUT2D eigenvalue weighted by Crippen LogP contribution is 2.23. The topological polar surface area (TPSA) is 88.3 Å². The number of nitrogens with zero attached hydrogens (tertiary/aromatic N) is 2. The molecule has 1 aromatic heterocycles. The first-order valence-electron chi connectivity index (χ1n) is 8.26. The van der Waals surface area contributed by atoms with Crippen LogP contribution in [-0.2, 0) is 16.8 Å². The standard InChI is InChI=1S/C17H24N4O2S/c1-13-9-15(16-6-2-3-7-17(16)20-13)12-21-8-4-5-14(11-21)10-19-24(18,22)23/h2-3,6-7,9,14,19H,4-5,8,10-12H2,1H3,(H2,18,22,23)/t14-/m1/s1. The van der Waals surface area contributed by atoms with E-state index in [-0.39, 0.29) is 0 Å². The number of aryl methyl sites for hydroxylation is 1. The summed E-state index contributed by atoms with van der Waals surface area (Å²) >= 11 is 0. The maximum atomic E-state index is 11.1. The molecule has 3 N–H and O–H groups in total. The zero-order chi connectivity index (χ0) is 17.2. The van der Waals surface area contributed by atoms with Crippen LogP contribution >= 0.6 is 0 Å². The second kappa shape index (κ2) is 7.14. The quantitative estimate of drug-likeness (QED) is 0.858. The number of hydrogen-bond acceptors (Lipinski definition) is 4. The molecule has 0 amide bonds. The molecule has 0 unspecified atom stereocenters. The SMILES string of the molecule is Cc1cc(CN2CCC[C@H](CNS(N)(=O)=O)C2)c2ccccc2n1. The van der Waals surface area contributed by atoms with Crippen LogP contribution in [0, 0.1) is 12.8 Å². The van der Waals surface area contributed by atoms with E-state index < -0.39 is 10.2 Å². The van der Waals surface area contributed by atoms with Gasteiger partial charge in [-0.2, -0.15) is 8.42 Å². The number of piperidine rings is 1. The number of fused-ring (bicyclic) bond motifs is 1. The number of para-hydroxylation sites is 1.